The summed E-state index contributed by atoms with van der Waals surface area (Å²) >= 11 is 1.65. The van der Waals surface area contributed by atoms with E-state index < -0.39 is 0 Å². The Hall–Kier alpha value is -2.11. The van der Waals surface area contributed by atoms with Crippen LogP contribution < -0.4 is 9.47 Å². The first-order valence-electron chi connectivity index (χ1n) is 7.64. The molecule has 1 N–H and O–H groups in total. The minimum Gasteiger partial charge on any atom is -0.493 e. The van der Waals surface area contributed by atoms with Crippen molar-refractivity contribution in [2.24, 2.45) is 0 Å². The molecule has 0 spiro atoms. The zero-order valence-electron chi connectivity index (χ0n) is 14.0. The van der Waals surface area contributed by atoms with E-state index in [1.807, 2.05) is 36.6 Å². The SMILES string of the molecule is COc1ccc(-c2oc3ccc(CCO)cc3c2SC)cc1OC. The van der Waals surface area contributed by atoms with Crippen LogP contribution in [0.3, 0.4) is 0 Å². The third kappa shape index (κ3) is 2.97. The Labute approximate surface area is 145 Å². The lowest BCUT2D eigenvalue weighted by molar-refractivity contribution is 0.299. The summed E-state index contributed by atoms with van der Waals surface area (Å²) < 4.78 is 16.8. The molecule has 1 aromatic heterocycles. The van der Waals surface area contributed by atoms with Crippen molar-refractivity contribution in [2.75, 3.05) is 27.1 Å². The Morgan fingerprint density at radius 1 is 1.04 bits per heavy atom. The standard InChI is InChI=1S/C19H20O4S/c1-21-16-7-5-13(11-17(16)22-2)18-19(24-3)14-10-12(8-9-20)4-6-15(14)23-18/h4-7,10-11,20H,8-9H2,1-3H3. The predicted octanol–water partition coefficient (Wildman–Crippen LogP) is 4.37. The van der Waals surface area contributed by atoms with Gasteiger partial charge in [0.1, 0.15) is 11.3 Å². The molecule has 0 aliphatic carbocycles. The van der Waals surface area contributed by atoms with Crippen molar-refractivity contribution in [3.8, 4) is 22.8 Å². The molecule has 2 aromatic carbocycles. The average Bonchev–Trinajstić information content (AvgIpc) is 2.99. The molecule has 1 heterocycles. The summed E-state index contributed by atoms with van der Waals surface area (Å²) in [6.45, 7) is 0.139. The second-order valence-electron chi connectivity index (χ2n) is 5.34. The number of benzene rings is 2. The van der Waals surface area contributed by atoms with Gasteiger partial charge in [0.2, 0.25) is 0 Å². The summed E-state index contributed by atoms with van der Waals surface area (Å²) in [4.78, 5) is 1.08. The maximum Gasteiger partial charge on any atom is 0.161 e. The van der Waals surface area contributed by atoms with Crippen LogP contribution in [0.5, 0.6) is 11.5 Å². The lowest BCUT2D eigenvalue weighted by Gasteiger charge is -2.09. The number of ether oxygens (including phenoxy) is 2. The van der Waals surface area contributed by atoms with E-state index in [0.29, 0.717) is 17.9 Å². The van der Waals surface area contributed by atoms with Crippen LogP contribution in [0.1, 0.15) is 5.56 Å². The number of aliphatic hydroxyl groups excluding tert-OH is 1. The highest BCUT2D eigenvalue weighted by atomic mass is 32.2. The van der Waals surface area contributed by atoms with E-state index in [9.17, 15) is 0 Å². The van der Waals surface area contributed by atoms with Crippen molar-refractivity contribution >= 4 is 22.7 Å². The Bertz CT molecular complexity index is 854. The van der Waals surface area contributed by atoms with E-state index in [1.54, 1.807) is 26.0 Å². The van der Waals surface area contributed by atoms with Crippen molar-refractivity contribution in [3.05, 3.63) is 42.0 Å². The zero-order chi connectivity index (χ0) is 17.1. The maximum absolute atomic E-state index is 9.15. The molecule has 0 aliphatic heterocycles. The molecule has 0 radical (unpaired) electrons. The minimum absolute atomic E-state index is 0.139. The predicted molar refractivity (Wildman–Crippen MR) is 97.3 cm³/mol. The van der Waals surface area contributed by atoms with E-state index in [4.69, 9.17) is 19.0 Å². The molecular weight excluding hydrogens is 324 g/mol. The van der Waals surface area contributed by atoms with Crippen LogP contribution in [0, 0.1) is 0 Å². The Morgan fingerprint density at radius 3 is 2.50 bits per heavy atom. The minimum atomic E-state index is 0.139. The molecule has 24 heavy (non-hydrogen) atoms. The first-order chi connectivity index (χ1) is 11.7. The fourth-order valence-corrected chi connectivity index (χ4v) is 3.50. The van der Waals surface area contributed by atoms with Crippen molar-refractivity contribution in [2.45, 2.75) is 11.3 Å². The molecule has 0 fully saturated rings. The van der Waals surface area contributed by atoms with Crippen molar-refractivity contribution in [1.29, 1.82) is 0 Å². The van der Waals surface area contributed by atoms with Gasteiger partial charge in [-0.2, -0.15) is 0 Å². The van der Waals surface area contributed by atoms with Gasteiger partial charge in [0.05, 0.1) is 19.1 Å². The molecule has 0 amide bonds. The highest BCUT2D eigenvalue weighted by Gasteiger charge is 2.17. The molecular formula is C19H20O4S. The summed E-state index contributed by atoms with van der Waals surface area (Å²) in [7, 11) is 3.24. The summed E-state index contributed by atoms with van der Waals surface area (Å²) in [5.41, 5.74) is 2.88. The van der Waals surface area contributed by atoms with Crippen LogP contribution >= 0.6 is 11.8 Å². The lowest BCUT2D eigenvalue weighted by atomic mass is 10.1. The quantitative estimate of drug-likeness (QED) is 0.673. The van der Waals surface area contributed by atoms with E-state index in [-0.39, 0.29) is 6.61 Å². The van der Waals surface area contributed by atoms with Gasteiger partial charge in [-0.05, 0) is 48.6 Å². The van der Waals surface area contributed by atoms with E-state index in [0.717, 1.165) is 32.8 Å². The van der Waals surface area contributed by atoms with Gasteiger partial charge in [0.15, 0.2) is 11.5 Å². The average molecular weight is 344 g/mol. The molecule has 0 saturated carbocycles. The second-order valence-corrected chi connectivity index (χ2v) is 6.15. The van der Waals surface area contributed by atoms with Gasteiger partial charge in [0.25, 0.3) is 0 Å². The van der Waals surface area contributed by atoms with Crippen LogP contribution in [0.4, 0.5) is 0 Å². The van der Waals surface area contributed by atoms with Crippen LogP contribution in [0.2, 0.25) is 0 Å². The highest BCUT2D eigenvalue weighted by Crippen LogP contribution is 2.42. The van der Waals surface area contributed by atoms with Crippen molar-refractivity contribution in [1.82, 2.24) is 0 Å². The van der Waals surface area contributed by atoms with Crippen LogP contribution in [0.15, 0.2) is 45.7 Å². The summed E-state index contributed by atoms with van der Waals surface area (Å²) in [6.07, 6.45) is 2.67. The molecule has 0 bridgehead atoms. The topological polar surface area (TPSA) is 51.8 Å². The number of hydrogen-bond acceptors (Lipinski definition) is 5. The first-order valence-corrected chi connectivity index (χ1v) is 8.87. The van der Waals surface area contributed by atoms with Crippen LogP contribution in [-0.2, 0) is 6.42 Å². The largest absolute Gasteiger partial charge is 0.493 e. The molecule has 0 unspecified atom stereocenters. The van der Waals surface area contributed by atoms with Crippen molar-refractivity contribution < 1.29 is 19.0 Å². The fourth-order valence-electron chi connectivity index (χ4n) is 2.78. The molecule has 3 aromatic rings. The van der Waals surface area contributed by atoms with Gasteiger partial charge in [-0.15, -0.1) is 11.8 Å². The van der Waals surface area contributed by atoms with Gasteiger partial charge >= 0.3 is 0 Å². The molecule has 3 rings (SSSR count). The molecule has 0 atom stereocenters. The molecule has 5 heteroatoms. The van der Waals surface area contributed by atoms with E-state index >= 15 is 0 Å². The van der Waals surface area contributed by atoms with Gasteiger partial charge < -0.3 is 19.0 Å². The molecule has 4 nitrogen and oxygen atoms in total. The number of furan rings is 1. The number of aliphatic hydroxyl groups is 1. The third-order valence-electron chi connectivity index (χ3n) is 3.96. The van der Waals surface area contributed by atoms with E-state index in [2.05, 4.69) is 6.07 Å². The van der Waals surface area contributed by atoms with Gasteiger partial charge in [-0.25, -0.2) is 0 Å². The van der Waals surface area contributed by atoms with Crippen molar-refractivity contribution in [3.63, 3.8) is 0 Å². The zero-order valence-corrected chi connectivity index (χ0v) is 14.8. The summed E-state index contributed by atoms with van der Waals surface area (Å²) in [5.74, 6) is 2.18. The second kappa shape index (κ2) is 7.20. The van der Waals surface area contributed by atoms with E-state index in [1.165, 1.54) is 0 Å². The summed E-state index contributed by atoms with van der Waals surface area (Å²) in [6, 6.07) is 11.8. The summed E-state index contributed by atoms with van der Waals surface area (Å²) in [5, 5.41) is 10.2. The molecule has 0 aliphatic rings. The van der Waals surface area contributed by atoms with Crippen LogP contribution in [-0.4, -0.2) is 32.2 Å². The Morgan fingerprint density at radius 2 is 1.83 bits per heavy atom. The normalized spacial score (nSPS) is 11.0. The number of fused-ring (bicyclic) bond motifs is 1. The van der Waals surface area contributed by atoms with Gasteiger partial charge in [0, 0.05) is 17.6 Å². The number of thioether (sulfide) groups is 1. The monoisotopic (exact) mass is 344 g/mol. The number of rotatable bonds is 6. The highest BCUT2D eigenvalue weighted by molar-refractivity contribution is 7.99. The lowest BCUT2D eigenvalue weighted by Crippen LogP contribution is -1.90. The number of hydrogen-bond donors (Lipinski definition) is 1. The van der Waals surface area contributed by atoms with Gasteiger partial charge in [-0.1, -0.05) is 6.07 Å². The molecule has 126 valence electrons. The maximum atomic E-state index is 9.15. The number of methoxy groups -OCH3 is 2. The van der Waals surface area contributed by atoms with Gasteiger partial charge in [-0.3, -0.25) is 0 Å². The molecule has 0 saturated heterocycles. The Kier molecular flexibility index (Phi) is 5.02. The van der Waals surface area contributed by atoms with Crippen LogP contribution in [0.25, 0.3) is 22.3 Å². The Balaban J connectivity index is 2.15. The smallest absolute Gasteiger partial charge is 0.161 e. The third-order valence-corrected chi connectivity index (χ3v) is 4.77. The fraction of sp³-hybridized carbons (Fsp3) is 0.263. The first kappa shape index (κ1) is 16.7.